The molecule has 4 rings (SSSR count). The fourth-order valence-corrected chi connectivity index (χ4v) is 3.69. The first-order valence-electron chi connectivity index (χ1n) is 10.1. The molecule has 31 heavy (non-hydrogen) atoms. The van der Waals surface area contributed by atoms with E-state index in [1.807, 2.05) is 48.7 Å². The number of rotatable bonds is 8. The van der Waals surface area contributed by atoms with E-state index < -0.39 is 5.97 Å². The van der Waals surface area contributed by atoms with Gasteiger partial charge in [-0.3, -0.25) is 4.79 Å². The molecule has 2 aromatic carbocycles. The fraction of sp³-hybridized carbons (Fsp3) is 0.261. The third-order valence-electron chi connectivity index (χ3n) is 5.07. The Morgan fingerprint density at radius 2 is 1.94 bits per heavy atom. The van der Waals surface area contributed by atoms with E-state index in [-0.39, 0.29) is 6.42 Å². The Morgan fingerprint density at radius 1 is 1.19 bits per heavy atom. The molecule has 7 nitrogen and oxygen atoms in total. The number of carboxylic acid groups (broad SMARTS) is 1. The zero-order valence-corrected chi connectivity index (χ0v) is 18.1. The molecule has 0 saturated carbocycles. The van der Waals surface area contributed by atoms with Crippen LogP contribution in [0.5, 0.6) is 0 Å². The lowest BCUT2D eigenvalue weighted by Crippen LogP contribution is -2.17. The first kappa shape index (κ1) is 21.1. The Hall–Kier alpha value is -3.16. The van der Waals surface area contributed by atoms with Crippen molar-refractivity contribution in [3.63, 3.8) is 0 Å². The van der Waals surface area contributed by atoms with Crippen molar-refractivity contribution in [2.24, 2.45) is 0 Å². The Bertz CT molecular complexity index is 1210. The van der Waals surface area contributed by atoms with Crippen molar-refractivity contribution in [2.45, 2.75) is 32.9 Å². The molecule has 4 aromatic rings. The van der Waals surface area contributed by atoms with Crippen LogP contribution in [0.2, 0.25) is 5.02 Å². The summed E-state index contributed by atoms with van der Waals surface area (Å²) in [6, 6.07) is 14.0. The first-order valence-corrected chi connectivity index (χ1v) is 10.5. The molecule has 2 heterocycles. The molecular formula is C23H23ClN4O3. The standard InChI is InChI=1S/C23H23ClN4O3/c1-14(2)28-13-19(24)18-11-17(7-8-20(18)28)23-26-22(27-31-23)16-5-3-15(4-6-16)12-25-10-9-21(29)30/h3-8,11,13-14,25H,9-10,12H2,1-2H3,(H,29,30). The summed E-state index contributed by atoms with van der Waals surface area (Å²) in [6.45, 7) is 5.26. The van der Waals surface area contributed by atoms with E-state index in [4.69, 9.17) is 21.2 Å². The van der Waals surface area contributed by atoms with Gasteiger partial charge in [0.25, 0.3) is 5.89 Å². The number of benzene rings is 2. The third-order valence-corrected chi connectivity index (χ3v) is 5.37. The van der Waals surface area contributed by atoms with Gasteiger partial charge in [-0.05, 0) is 37.6 Å². The molecule has 8 heteroatoms. The second kappa shape index (κ2) is 8.91. The highest BCUT2D eigenvalue weighted by Crippen LogP contribution is 2.32. The van der Waals surface area contributed by atoms with Crippen molar-refractivity contribution in [2.75, 3.05) is 6.54 Å². The van der Waals surface area contributed by atoms with Gasteiger partial charge in [0.05, 0.1) is 11.4 Å². The van der Waals surface area contributed by atoms with Gasteiger partial charge >= 0.3 is 5.97 Å². The number of halogens is 1. The Morgan fingerprint density at radius 3 is 2.65 bits per heavy atom. The molecule has 0 saturated heterocycles. The Kier molecular flexibility index (Phi) is 6.06. The third kappa shape index (κ3) is 4.62. The predicted molar refractivity (Wildman–Crippen MR) is 120 cm³/mol. The van der Waals surface area contributed by atoms with Gasteiger partial charge in [-0.2, -0.15) is 4.98 Å². The number of aromatic nitrogens is 3. The van der Waals surface area contributed by atoms with Crippen molar-refractivity contribution in [3.8, 4) is 22.8 Å². The Labute approximate surface area is 184 Å². The molecule has 0 spiro atoms. The van der Waals surface area contributed by atoms with Crippen molar-refractivity contribution in [1.29, 1.82) is 0 Å². The second-order valence-corrected chi connectivity index (χ2v) is 8.06. The highest BCUT2D eigenvalue weighted by Gasteiger charge is 2.15. The van der Waals surface area contributed by atoms with Crippen LogP contribution < -0.4 is 5.32 Å². The average molecular weight is 439 g/mol. The molecule has 0 aliphatic heterocycles. The van der Waals surface area contributed by atoms with Crippen molar-refractivity contribution in [1.82, 2.24) is 20.0 Å². The minimum atomic E-state index is -0.810. The van der Waals surface area contributed by atoms with Crippen LogP contribution in [0.15, 0.2) is 53.2 Å². The van der Waals surface area contributed by atoms with Crippen LogP contribution in [0.4, 0.5) is 0 Å². The van der Waals surface area contributed by atoms with Crippen LogP contribution in [0.1, 0.15) is 31.9 Å². The fourth-order valence-electron chi connectivity index (χ4n) is 3.43. The second-order valence-electron chi connectivity index (χ2n) is 7.65. The van der Waals surface area contributed by atoms with Crippen LogP contribution in [0, 0.1) is 0 Å². The lowest BCUT2D eigenvalue weighted by Gasteiger charge is -2.08. The van der Waals surface area contributed by atoms with Gasteiger partial charge in [-0.1, -0.05) is 41.0 Å². The van der Waals surface area contributed by atoms with Crippen molar-refractivity contribution in [3.05, 3.63) is 59.2 Å². The largest absolute Gasteiger partial charge is 0.481 e. The maximum atomic E-state index is 10.6. The average Bonchev–Trinajstić information content (AvgIpc) is 3.37. The topological polar surface area (TPSA) is 93.2 Å². The smallest absolute Gasteiger partial charge is 0.304 e. The summed E-state index contributed by atoms with van der Waals surface area (Å²) in [5, 5.41) is 17.5. The minimum Gasteiger partial charge on any atom is -0.481 e. The minimum absolute atomic E-state index is 0.100. The summed E-state index contributed by atoms with van der Waals surface area (Å²) in [5.41, 5.74) is 3.77. The molecular weight excluding hydrogens is 416 g/mol. The SMILES string of the molecule is CC(C)n1cc(Cl)c2cc(-c3nc(-c4ccc(CNCCC(=O)O)cc4)no3)ccc21. The van der Waals surface area contributed by atoms with Crippen molar-refractivity contribution >= 4 is 28.5 Å². The number of fused-ring (bicyclic) bond motifs is 1. The number of nitrogens with one attached hydrogen (secondary N) is 1. The zero-order valence-electron chi connectivity index (χ0n) is 17.3. The number of carbonyl (C=O) groups is 1. The number of aliphatic carboxylic acids is 1. The molecule has 0 unspecified atom stereocenters. The number of nitrogens with zero attached hydrogens (tertiary/aromatic N) is 3. The van der Waals surface area contributed by atoms with Crippen LogP contribution in [-0.4, -0.2) is 32.3 Å². The summed E-state index contributed by atoms with van der Waals surface area (Å²) >= 11 is 6.44. The van der Waals surface area contributed by atoms with Crippen LogP contribution in [-0.2, 0) is 11.3 Å². The van der Waals surface area contributed by atoms with Gasteiger partial charge < -0.3 is 19.5 Å². The van der Waals surface area contributed by atoms with E-state index in [0.29, 0.717) is 35.9 Å². The zero-order chi connectivity index (χ0) is 22.0. The molecule has 0 aliphatic rings. The molecule has 2 aromatic heterocycles. The highest BCUT2D eigenvalue weighted by molar-refractivity contribution is 6.35. The highest BCUT2D eigenvalue weighted by atomic mass is 35.5. The van der Waals surface area contributed by atoms with Gasteiger partial charge in [-0.25, -0.2) is 0 Å². The van der Waals surface area contributed by atoms with E-state index in [0.717, 1.165) is 27.6 Å². The molecule has 0 amide bonds. The van der Waals surface area contributed by atoms with Crippen LogP contribution in [0.3, 0.4) is 0 Å². The van der Waals surface area contributed by atoms with Crippen LogP contribution in [0.25, 0.3) is 33.7 Å². The normalized spacial score (nSPS) is 11.5. The van der Waals surface area contributed by atoms with Crippen molar-refractivity contribution < 1.29 is 14.4 Å². The van der Waals surface area contributed by atoms with E-state index in [1.54, 1.807) is 0 Å². The maximum absolute atomic E-state index is 10.6. The molecule has 0 radical (unpaired) electrons. The molecule has 0 atom stereocenters. The van der Waals surface area contributed by atoms with Gasteiger partial charge in [0.2, 0.25) is 5.82 Å². The molecule has 0 fully saturated rings. The quantitative estimate of drug-likeness (QED) is 0.369. The Balaban J connectivity index is 1.50. The summed E-state index contributed by atoms with van der Waals surface area (Å²) in [6.07, 6.45) is 2.04. The van der Waals surface area contributed by atoms with Gasteiger partial charge in [-0.15, -0.1) is 0 Å². The van der Waals surface area contributed by atoms with E-state index in [2.05, 4.69) is 33.9 Å². The lowest BCUT2D eigenvalue weighted by molar-refractivity contribution is -0.136. The predicted octanol–water partition coefficient (Wildman–Crippen LogP) is 5.16. The molecule has 0 aliphatic carbocycles. The molecule has 160 valence electrons. The summed E-state index contributed by atoms with van der Waals surface area (Å²) in [4.78, 5) is 15.1. The van der Waals surface area contributed by atoms with E-state index in [1.165, 1.54) is 0 Å². The number of hydrogen-bond donors (Lipinski definition) is 2. The van der Waals surface area contributed by atoms with E-state index >= 15 is 0 Å². The molecule has 2 N–H and O–H groups in total. The van der Waals surface area contributed by atoms with E-state index in [9.17, 15) is 4.79 Å². The molecule has 0 bridgehead atoms. The monoisotopic (exact) mass is 438 g/mol. The van der Waals surface area contributed by atoms with Crippen LogP contribution >= 0.6 is 11.6 Å². The maximum Gasteiger partial charge on any atom is 0.304 e. The number of hydrogen-bond acceptors (Lipinski definition) is 5. The first-order chi connectivity index (χ1) is 14.9. The summed E-state index contributed by atoms with van der Waals surface area (Å²) in [7, 11) is 0. The summed E-state index contributed by atoms with van der Waals surface area (Å²) in [5.74, 6) is 0.130. The van der Waals surface area contributed by atoms with Gasteiger partial charge in [0.15, 0.2) is 0 Å². The summed E-state index contributed by atoms with van der Waals surface area (Å²) < 4.78 is 7.64. The van der Waals surface area contributed by atoms with Gasteiger partial charge in [0, 0.05) is 47.4 Å². The lowest BCUT2D eigenvalue weighted by atomic mass is 10.1. The van der Waals surface area contributed by atoms with Gasteiger partial charge in [0.1, 0.15) is 0 Å². The number of carboxylic acids is 1.